The largest absolute Gasteiger partial charge is 0.443 e. The van der Waals surface area contributed by atoms with Crippen molar-refractivity contribution in [1.29, 1.82) is 0 Å². The molecule has 1 aliphatic carbocycles. The molecule has 0 atom stereocenters. The molecule has 0 aromatic carbocycles. The third-order valence-corrected chi connectivity index (χ3v) is 1.46. The van der Waals surface area contributed by atoms with Gasteiger partial charge in [0.25, 0.3) is 0 Å². The van der Waals surface area contributed by atoms with E-state index in [4.69, 9.17) is 4.74 Å². The number of rotatable bonds is 2. The lowest BCUT2D eigenvalue weighted by Gasteiger charge is -2.18. The van der Waals surface area contributed by atoms with E-state index >= 15 is 0 Å². The van der Waals surface area contributed by atoms with Gasteiger partial charge in [-0.1, -0.05) is 0 Å². The number of hydrazone groups is 1. The number of nitrogens with one attached hydrogen (secondary N) is 1. The summed E-state index contributed by atoms with van der Waals surface area (Å²) in [5.74, 6) is 0.565. The Morgan fingerprint density at radius 2 is 2.15 bits per heavy atom. The fourth-order valence-electron chi connectivity index (χ4n) is 0.742. The van der Waals surface area contributed by atoms with Crippen LogP contribution in [0.2, 0.25) is 0 Å². The van der Waals surface area contributed by atoms with Crippen LogP contribution in [0.25, 0.3) is 0 Å². The van der Waals surface area contributed by atoms with Gasteiger partial charge in [-0.3, -0.25) is 0 Å². The van der Waals surface area contributed by atoms with Crippen LogP contribution in [0.1, 0.15) is 33.6 Å². The predicted octanol–water partition coefficient (Wildman–Crippen LogP) is 1.91. The maximum atomic E-state index is 11.0. The molecule has 0 aromatic rings. The highest BCUT2D eigenvalue weighted by atomic mass is 16.6. The molecule has 1 N–H and O–H groups in total. The lowest BCUT2D eigenvalue weighted by atomic mass is 10.2. The van der Waals surface area contributed by atoms with E-state index in [0.29, 0.717) is 5.92 Å². The third-order valence-electron chi connectivity index (χ3n) is 1.46. The minimum absolute atomic E-state index is 0.459. The monoisotopic (exact) mass is 184 g/mol. The summed E-state index contributed by atoms with van der Waals surface area (Å²) in [6.07, 6.45) is 3.62. The highest BCUT2D eigenvalue weighted by molar-refractivity contribution is 5.70. The van der Waals surface area contributed by atoms with Crippen molar-refractivity contribution in [2.75, 3.05) is 0 Å². The smallest absolute Gasteiger partial charge is 0.428 e. The van der Waals surface area contributed by atoms with Gasteiger partial charge in [0.1, 0.15) is 5.60 Å². The Bertz CT molecular complexity index is 214. The first-order chi connectivity index (χ1) is 5.97. The average Bonchev–Trinajstić information content (AvgIpc) is 2.66. The van der Waals surface area contributed by atoms with Crippen LogP contribution in [0.4, 0.5) is 4.79 Å². The van der Waals surface area contributed by atoms with E-state index < -0.39 is 11.7 Å². The zero-order valence-corrected chi connectivity index (χ0v) is 8.33. The molecule has 1 amide bonds. The highest BCUT2D eigenvalue weighted by Gasteiger charge is 2.19. The molecule has 0 radical (unpaired) electrons. The number of hydrogen-bond acceptors (Lipinski definition) is 3. The van der Waals surface area contributed by atoms with Gasteiger partial charge in [-0.25, -0.2) is 10.2 Å². The van der Waals surface area contributed by atoms with E-state index in [1.807, 2.05) is 20.8 Å². The molecule has 0 aromatic heterocycles. The summed E-state index contributed by atoms with van der Waals surface area (Å²) in [4.78, 5) is 11.0. The quantitative estimate of drug-likeness (QED) is 0.526. The van der Waals surface area contributed by atoms with Gasteiger partial charge in [-0.2, -0.15) is 5.10 Å². The molecule has 0 bridgehead atoms. The summed E-state index contributed by atoms with van der Waals surface area (Å²) in [7, 11) is 0. The molecular weight excluding hydrogens is 168 g/mol. The Morgan fingerprint density at radius 1 is 1.54 bits per heavy atom. The van der Waals surface area contributed by atoms with Crippen molar-refractivity contribution in [3.63, 3.8) is 0 Å². The molecule has 0 heterocycles. The van der Waals surface area contributed by atoms with Crippen molar-refractivity contribution < 1.29 is 9.53 Å². The summed E-state index contributed by atoms with van der Waals surface area (Å²) >= 11 is 0. The van der Waals surface area contributed by atoms with Gasteiger partial charge < -0.3 is 4.74 Å². The Kier molecular flexibility index (Phi) is 2.90. The Labute approximate surface area is 78.3 Å². The molecule has 1 rings (SSSR count). The minimum atomic E-state index is -0.496. The van der Waals surface area contributed by atoms with E-state index in [1.54, 1.807) is 6.21 Å². The van der Waals surface area contributed by atoms with E-state index in [0.717, 1.165) is 0 Å². The molecule has 1 fully saturated rings. The first-order valence-corrected chi connectivity index (χ1v) is 4.49. The lowest BCUT2D eigenvalue weighted by molar-refractivity contribution is 0.0529. The predicted molar refractivity (Wildman–Crippen MR) is 50.6 cm³/mol. The number of hydrogen-bond donors (Lipinski definition) is 1. The number of amides is 1. The first kappa shape index (κ1) is 10.0. The fraction of sp³-hybridized carbons (Fsp3) is 0.778. The summed E-state index contributed by atoms with van der Waals surface area (Å²) in [6.45, 7) is 5.45. The number of ether oxygens (including phenoxy) is 1. The number of nitrogens with zero attached hydrogens (tertiary/aromatic N) is 1. The van der Waals surface area contributed by atoms with Gasteiger partial charge in [0.15, 0.2) is 0 Å². The summed E-state index contributed by atoms with van der Waals surface area (Å²) in [5, 5.41) is 3.77. The van der Waals surface area contributed by atoms with Crippen LogP contribution < -0.4 is 5.43 Å². The normalized spacial score (nSPS) is 17.5. The summed E-state index contributed by atoms with van der Waals surface area (Å²) < 4.78 is 4.98. The van der Waals surface area contributed by atoms with Gasteiger partial charge in [0.05, 0.1) is 0 Å². The summed E-state index contributed by atoms with van der Waals surface area (Å²) in [5.41, 5.74) is 1.86. The molecule has 74 valence electrons. The second-order valence-electron chi connectivity index (χ2n) is 4.23. The Hall–Kier alpha value is -1.06. The van der Waals surface area contributed by atoms with Crippen LogP contribution in [-0.2, 0) is 4.74 Å². The molecule has 0 spiro atoms. The molecule has 13 heavy (non-hydrogen) atoms. The number of carbonyl (C=O) groups excluding carboxylic acids is 1. The zero-order chi connectivity index (χ0) is 9.90. The Morgan fingerprint density at radius 3 is 2.62 bits per heavy atom. The SMILES string of the molecule is CC(C)(C)OC(=O)N/N=C/C1CC1. The Balaban J connectivity index is 2.16. The maximum absolute atomic E-state index is 11.0. The van der Waals surface area contributed by atoms with E-state index in [-0.39, 0.29) is 0 Å². The van der Waals surface area contributed by atoms with Crippen molar-refractivity contribution in [2.24, 2.45) is 11.0 Å². The van der Waals surface area contributed by atoms with Crippen molar-refractivity contribution in [1.82, 2.24) is 5.43 Å². The average molecular weight is 184 g/mol. The second kappa shape index (κ2) is 3.77. The highest BCUT2D eigenvalue weighted by Crippen LogP contribution is 2.25. The third kappa shape index (κ3) is 5.22. The molecule has 4 heteroatoms. The van der Waals surface area contributed by atoms with E-state index in [9.17, 15) is 4.79 Å². The van der Waals surface area contributed by atoms with Crippen LogP contribution in [0, 0.1) is 5.92 Å². The van der Waals surface area contributed by atoms with Crippen molar-refractivity contribution in [3.05, 3.63) is 0 Å². The van der Waals surface area contributed by atoms with Crippen LogP contribution in [0.3, 0.4) is 0 Å². The molecule has 1 aliphatic rings. The topological polar surface area (TPSA) is 50.7 Å². The van der Waals surface area contributed by atoms with Gasteiger partial charge in [0, 0.05) is 6.21 Å². The number of carbonyl (C=O) groups is 1. The van der Waals surface area contributed by atoms with E-state index in [2.05, 4.69) is 10.5 Å². The zero-order valence-electron chi connectivity index (χ0n) is 8.33. The van der Waals surface area contributed by atoms with Gasteiger partial charge in [0.2, 0.25) is 0 Å². The fourth-order valence-corrected chi connectivity index (χ4v) is 0.742. The van der Waals surface area contributed by atoms with Gasteiger partial charge in [-0.15, -0.1) is 0 Å². The van der Waals surface area contributed by atoms with E-state index in [1.165, 1.54) is 12.8 Å². The molecule has 0 saturated heterocycles. The first-order valence-electron chi connectivity index (χ1n) is 4.49. The molecule has 1 saturated carbocycles. The molecule has 0 unspecified atom stereocenters. The van der Waals surface area contributed by atoms with Gasteiger partial charge in [-0.05, 0) is 39.5 Å². The molecular formula is C9H16N2O2. The maximum Gasteiger partial charge on any atom is 0.428 e. The van der Waals surface area contributed by atoms with Gasteiger partial charge >= 0.3 is 6.09 Å². The lowest BCUT2D eigenvalue weighted by Crippen LogP contribution is -2.29. The standard InChI is InChI=1S/C9H16N2O2/c1-9(2,3)13-8(12)11-10-6-7-4-5-7/h6-7H,4-5H2,1-3H3,(H,11,12)/b10-6+. The van der Waals surface area contributed by atoms with Crippen LogP contribution in [0.5, 0.6) is 0 Å². The van der Waals surface area contributed by atoms with Crippen molar-refractivity contribution in [3.8, 4) is 0 Å². The van der Waals surface area contributed by atoms with Crippen LogP contribution in [0.15, 0.2) is 5.10 Å². The molecule has 4 nitrogen and oxygen atoms in total. The second-order valence-corrected chi connectivity index (χ2v) is 4.23. The minimum Gasteiger partial charge on any atom is -0.443 e. The molecule has 0 aliphatic heterocycles. The van der Waals surface area contributed by atoms with Crippen molar-refractivity contribution >= 4 is 12.3 Å². The van der Waals surface area contributed by atoms with Crippen molar-refractivity contribution in [2.45, 2.75) is 39.2 Å². The van der Waals surface area contributed by atoms with Crippen LogP contribution in [-0.4, -0.2) is 17.9 Å². The van der Waals surface area contributed by atoms with Crippen LogP contribution >= 0.6 is 0 Å². The summed E-state index contributed by atoms with van der Waals surface area (Å²) in [6, 6.07) is 0.